The normalized spacial score (nSPS) is 18.1. The Balaban J connectivity index is 1.26. The first-order valence-corrected chi connectivity index (χ1v) is 20.0. The van der Waals surface area contributed by atoms with Crippen molar-refractivity contribution in [2.75, 3.05) is 26.2 Å². The molecule has 9 nitrogen and oxygen atoms in total. The van der Waals surface area contributed by atoms with Crippen molar-refractivity contribution in [2.45, 2.75) is 50.2 Å². The molecule has 5 aromatic rings. The summed E-state index contributed by atoms with van der Waals surface area (Å²) in [6.45, 7) is 2.33. The summed E-state index contributed by atoms with van der Waals surface area (Å²) in [6, 6.07) is 25.9. The van der Waals surface area contributed by atoms with Gasteiger partial charge in [0.15, 0.2) is 0 Å². The maximum Gasteiger partial charge on any atom is 0.242 e. The second kappa shape index (κ2) is 15.8. The standard InChI is InChI=1S/C39H40BrClN6O3S/c40-33-22-32-13-12-31-23-34(41)14-15-35(31)38(37(32)43-24-33)45-20-21-47(51(49,50)27-30-10-5-2-6-11-30)36(26-45)39(48)46(25-29-8-3-1-4-9-29)18-7-17-44-19-16-42-28-44/h1-6,8-11,14-16,19,22-24,28,36,38H,7,12-13,17-18,20-21,25-27H2/t36-,38+/m1/s1. The number of fused-ring (bicyclic) bond motifs is 2. The Morgan fingerprint density at radius 1 is 0.941 bits per heavy atom. The molecule has 0 radical (unpaired) electrons. The zero-order chi connectivity index (χ0) is 35.4. The van der Waals surface area contributed by atoms with Gasteiger partial charge in [-0.3, -0.25) is 14.7 Å². The van der Waals surface area contributed by atoms with Crippen LogP contribution in [-0.4, -0.2) is 75.2 Å². The smallest absolute Gasteiger partial charge is 0.242 e. The molecule has 0 saturated carbocycles. The number of amides is 1. The zero-order valence-electron chi connectivity index (χ0n) is 28.2. The molecule has 51 heavy (non-hydrogen) atoms. The lowest BCUT2D eigenvalue weighted by atomic mass is 9.95. The Hall–Kier alpha value is -3.87. The topological polar surface area (TPSA) is 91.6 Å². The Labute approximate surface area is 313 Å². The zero-order valence-corrected chi connectivity index (χ0v) is 31.3. The number of halogens is 2. The van der Waals surface area contributed by atoms with Crippen LogP contribution >= 0.6 is 27.5 Å². The van der Waals surface area contributed by atoms with Crippen LogP contribution in [0.2, 0.25) is 5.02 Å². The molecular weight excluding hydrogens is 748 g/mol. The summed E-state index contributed by atoms with van der Waals surface area (Å²) in [5.41, 5.74) is 5.93. The summed E-state index contributed by atoms with van der Waals surface area (Å²) in [6.07, 6.45) is 9.51. The number of hydrogen-bond donors (Lipinski definition) is 0. The van der Waals surface area contributed by atoms with E-state index in [0.717, 1.165) is 45.3 Å². The molecule has 2 aliphatic rings. The number of pyridine rings is 1. The fourth-order valence-corrected chi connectivity index (χ4v) is 9.61. The van der Waals surface area contributed by atoms with Crippen molar-refractivity contribution >= 4 is 43.5 Å². The van der Waals surface area contributed by atoms with E-state index < -0.39 is 16.1 Å². The number of nitrogens with zero attached hydrogens (tertiary/aromatic N) is 6. The van der Waals surface area contributed by atoms with Crippen LogP contribution in [0.3, 0.4) is 0 Å². The molecule has 7 rings (SSSR count). The second-order valence-corrected chi connectivity index (χ2v) is 16.5. The minimum absolute atomic E-state index is 0.172. The third-order valence-corrected chi connectivity index (χ3v) is 12.3. The van der Waals surface area contributed by atoms with Gasteiger partial charge in [-0.25, -0.2) is 13.4 Å². The molecule has 0 unspecified atom stereocenters. The highest BCUT2D eigenvalue weighted by Crippen LogP contribution is 2.39. The second-order valence-electron chi connectivity index (χ2n) is 13.2. The molecule has 264 valence electrons. The van der Waals surface area contributed by atoms with E-state index in [2.05, 4.69) is 37.9 Å². The fourth-order valence-electron chi connectivity index (χ4n) is 7.35. The quantitative estimate of drug-likeness (QED) is 0.152. The van der Waals surface area contributed by atoms with Crippen molar-refractivity contribution in [3.63, 3.8) is 0 Å². The molecule has 1 saturated heterocycles. The van der Waals surface area contributed by atoms with Gasteiger partial charge in [0.2, 0.25) is 15.9 Å². The van der Waals surface area contributed by atoms with Crippen molar-refractivity contribution in [1.29, 1.82) is 0 Å². The minimum Gasteiger partial charge on any atom is -0.337 e. The predicted octanol–water partition coefficient (Wildman–Crippen LogP) is 6.52. The van der Waals surface area contributed by atoms with Gasteiger partial charge in [-0.05, 0) is 81.2 Å². The van der Waals surface area contributed by atoms with Crippen LogP contribution in [0.4, 0.5) is 0 Å². The van der Waals surface area contributed by atoms with E-state index in [1.807, 2.05) is 94.7 Å². The third-order valence-electron chi connectivity index (χ3n) is 9.78. The highest BCUT2D eigenvalue weighted by molar-refractivity contribution is 9.10. The maximum atomic E-state index is 15.0. The van der Waals surface area contributed by atoms with Crippen LogP contribution in [0.5, 0.6) is 0 Å². The van der Waals surface area contributed by atoms with E-state index in [1.54, 1.807) is 12.5 Å². The summed E-state index contributed by atoms with van der Waals surface area (Å²) in [7, 11) is -3.88. The van der Waals surface area contributed by atoms with Gasteiger partial charge >= 0.3 is 0 Å². The lowest BCUT2D eigenvalue weighted by Crippen LogP contribution is -2.61. The molecule has 2 atom stereocenters. The molecule has 0 bridgehead atoms. The number of aryl methyl sites for hydroxylation is 3. The number of benzene rings is 3. The summed E-state index contributed by atoms with van der Waals surface area (Å²) >= 11 is 10.1. The summed E-state index contributed by atoms with van der Waals surface area (Å²) < 4.78 is 33.0. The average molecular weight is 788 g/mol. The van der Waals surface area contributed by atoms with Crippen molar-refractivity contribution < 1.29 is 13.2 Å². The van der Waals surface area contributed by atoms with Crippen LogP contribution in [0.1, 0.15) is 46.0 Å². The van der Waals surface area contributed by atoms with E-state index in [0.29, 0.717) is 43.2 Å². The van der Waals surface area contributed by atoms with Crippen molar-refractivity contribution in [1.82, 2.24) is 28.6 Å². The molecule has 0 N–H and O–H groups in total. The van der Waals surface area contributed by atoms with Gasteiger partial charge in [0, 0.05) is 67.4 Å². The van der Waals surface area contributed by atoms with Crippen LogP contribution in [0.25, 0.3) is 0 Å². The Morgan fingerprint density at radius 2 is 1.69 bits per heavy atom. The lowest BCUT2D eigenvalue weighted by Gasteiger charge is -2.44. The van der Waals surface area contributed by atoms with E-state index in [4.69, 9.17) is 16.6 Å². The Kier molecular flexibility index (Phi) is 11.0. The van der Waals surface area contributed by atoms with E-state index in [1.165, 1.54) is 4.31 Å². The number of carbonyl (C=O) groups excluding carboxylic acids is 1. The van der Waals surface area contributed by atoms with Crippen LogP contribution in [0, 0.1) is 0 Å². The number of hydrogen-bond acceptors (Lipinski definition) is 6. The van der Waals surface area contributed by atoms with Gasteiger partial charge in [-0.1, -0.05) is 78.3 Å². The van der Waals surface area contributed by atoms with E-state index in [-0.39, 0.29) is 30.8 Å². The van der Waals surface area contributed by atoms with Gasteiger partial charge in [0.05, 0.1) is 23.8 Å². The molecule has 3 aromatic carbocycles. The van der Waals surface area contributed by atoms with Crippen molar-refractivity contribution in [3.05, 3.63) is 153 Å². The SMILES string of the molecule is O=C([C@H]1CN([C@H]2c3ccc(Cl)cc3CCc3cc(Br)cnc32)CCN1S(=O)(=O)Cc1ccccc1)N(CCCn1ccnc1)Cc1ccccc1. The van der Waals surface area contributed by atoms with Crippen LogP contribution in [-0.2, 0) is 46.5 Å². The molecule has 0 spiro atoms. The average Bonchev–Trinajstić information content (AvgIpc) is 3.60. The van der Waals surface area contributed by atoms with Gasteiger partial charge in [0.1, 0.15) is 6.04 Å². The van der Waals surface area contributed by atoms with Gasteiger partial charge < -0.3 is 9.47 Å². The first kappa shape index (κ1) is 35.5. The monoisotopic (exact) mass is 786 g/mol. The van der Waals surface area contributed by atoms with Crippen molar-refractivity contribution in [3.8, 4) is 0 Å². The maximum absolute atomic E-state index is 15.0. The van der Waals surface area contributed by atoms with E-state index >= 15 is 4.79 Å². The molecule has 1 aliphatic heterocycles. The highest BCUT2D eigenvalue weighted by atomic mass is 79.9. The summed E-state index contributed by atoms with van der Waals surface area (Å²) in [4.78, 5) is 28.2. The number of aromatic nitrogens is 3. The van der Waals surface area contributed by atoms with E-state index in [9.17, 15) is 8.42 Å². The number of sulfonamides is 1. The first-order valence-electron chi connectivity index (χ1n) is 17.2. The minimum atomic E-state index is -3.88. The third kappa shape index (κ3) is 8.29. The van der Waals surface area contributed by atoms with Gasteiger partial charge in [-0.2, -0.15) is 4.31 Å². The molecule has 1 amide bonds. The first-order chi connectivity index (χ1) is 24.7. The predicted molar refractivity (Wildman–Crippen MR) is 202 cm³/mol. The number of imidazole rings is 1. The number of piperazine rings is 1. The molecule has 3 heterocycles. The van der Waals surface area contributed by atoms with Crippen LogP contribution < -0.4 is 0 Å². The Morgan fingerprint density at radius 3 is 2.43 bits per heavy atom. The summed E-state index contributed by atoms with van der Waals surface area (Å²) in [5, 5.41) is 0.671. The molecular formula is C39H40BrClN6O3S. The number of carbonyl (C=O) groups is 1. The lowest BCUT2D eigenvalue weighted by molar-refractivity contribution is -0.138. The molecule has 12 heteroatoms. The fraction of sp³-hybridized carbons (Fsp3) is 0.308. The molecule has 2 aromatic heterocycles. The van der Waals surface area contributed by atoms with Gasteiger partial charge in [-0.15, -0.1) is 0 Å². The van der Waals surface area contributed by atoms with Crippen LogP contribution in [0.15, 0.2) is 114 Å². The van der Waals surface area contributed by atoms with Gasteiger partial charge in [0.25, 0.3) is 0 Å². The largest absolute Gasteiger partial charge is 0.337 e. The molecule has 1 fully saturated rings. The summed E-state index contributed by atoms with van der Waals surface area (Å²) in [5.74, 6) is -0.389. The molecule has 1 aliphatic carbocycles. The highest BCUT2D eigenvalue weighted by Gasteiger charge is 2.44. The number of rotatable bonds is 11. The Bertz CT molecular complexity index is 2010. The van der Waals surface area contributed by atoms with Crippen molar-refractivity contribution in [2.24, 2.45) is 0 Å².